The van der Waals surface area contributed by atoms with Gasteiger partial charge < -0.3 is 20.5 Å². The van der Waals surface area contributed by atoms with Crippen molar-refractivity contribution in [3.8, 4) is 5.75 Å². The summed E-state index contributed by atoms with van der Waals surface area (Å²) in [5, 5.41) is 17.9. The second-order valence-corrected chi connectivity index (χ2v) is 9.04. The Balaban J connectivity index is 2.15. The topological polar surface area (TPSA) is 153 Å². The van der Waals surface area contributed by atoms with E-state index in [1.807, 2.05) is 0 Å². The maximum atomic E-state index is 13.7. The smallest absolute Gasteiger partial charge is 0.345 e. The van der Waals surface area contributed by atoms with E-state index < -0.39 is 43.9 Å². The molecule has 3 aromatic rings. The van der Waals surface area contributed by atoms with Gasteiger partial charge in [0.25, 0.3) is 5.56 Å². The monoisotopic (exact) mass is 435 g/mol. The molecule has 9 nitrogen and oxygen atoms in total. The fraction of sp³-hybridized carbons (Fsp3) is 0.211. The number of aromatic nitrogens is 2. The van der Waals surface area contributed by atoms with Gasteiger partial charge in [-0.15, -0.1) is 0 Å². The van der Waals surface area contributed by atoms with Crippen LogP contribution in [0.2, 0.25) is 0 Å². The largest absolute Gasteiger partial charge is 0.505 e. The molecular formula is C19H18FN3O6S. The lowest BCUT2D eigenvalue weighted by Gasteiger charge is -2.16. The quantitative estimate of drug-likeness (QED) is 0.538. The van der Waals surface area contributed by atoms with Crippen LogP contribution in [0.5, 0.6) is 5.75 Å². The lowest BCUT2D eigenvalue weighted by Crippen LogP contribution is -2.25. The molecule has 0 aliphatic carbocycles. The Morgan fingerprint density at radius 3 is 2.60 bits per heavy atom. The van der Waals surface area contributed by atoms with Gasteiger partial charge in [-0.3, -0.25) is 9.78 Å². The van der Waals surface area contributed by atoms with Crippen LogP contribution in [0.15, 0.2) is 35.3 Å². The molecule has 0 aliphatic rings. The molecule has 0 fully saturated rings. The van der Waals surface area contributed by atoms with Gasteiger partial charge in [0.15, 0.2) is 21.2 Å². The number of hydrogen-bond donors (Lipinski definition) is 3. The summed E-state index contributed by atoms with van der Waals surface area (Å²) in [5.41, 5.74) is 5.23. The van der Waals surface area contributed by atoms with Crippen LogP contribution in [-0.2, 0) is 23.3 Å². The van der Waals surface area contributed by atoms with Crippen molar-refractivity contribution < 1.29 is 27.8 Å². The summed E-state index contributed by atoms with van der Waals surface area (Å²) in [6.07, 6.45) is 2.40. The van der Waals surface area contributed by atoms with Gasteiger partial charge in [-0.05, 0) is 41.3 Å². The molecule has 1 aromatic carbocycles. The van der Waals surface area contributed by atoms with Crippen LogP contribution in [0, 0.1) is 5.82 Å². The van der Waals surface area contributed by atoms with Crippen molar-refractivity contribution in [3.63, 3.8) is 0 Å². The lowest BCUT2D eigenvalue weighted by molar-refractivity contribution is 0.0691. The molecule has 2 heterocycles. The van der Waals surface area contributed by atoms with Gasteiger partial charge in [-0.1, -0.05) is 6.07 Å². The van der Waals surface area contributed by atoms with E-state index in [0.717, 1.165) is 16.9 Å². The number of carboxylic acid groups (broad SMARTS) is 1. The van der Waals surface area contributed by atoms with Gasteiger partial charge in [0.1, 0.15) is 16.7 Å². The Kier molecular flexibility index (Phi) is 5.35. The van der Waals surface area contributed by atoms with E-state index in [-0.39, 0.29) is 23.0 Å². The zero-order chi connectivity index (χ0) is 22.4. The molecule has 0 amide bonds. The standard InChI is InChI=1S/C19H18FN3O6S/c1-23-13-6-9(8-22-15(13)16(24)14(18(23)25)19(26)27)5-10-3-4-11(20)7-12(10)17(21)30(2,28)29/h3-4,6-8,17,24H,5,21H2,1-2H3,(H,26,27). The van der Waals surface area contributed by atoms with Gasteiger partial charge >= 0.3 is 5.97 Å². The van der Waals surface area contributed by atoms with Crippen LogP contribution in [0.4, 0.5) is 4.39 Å². The highest BCUT2D eigenvalue weighted by Gasteiger charge is 2.23. The normalized spacial score (nSPS) is 12.8. The molecule has 0 saturated heterocycles. The number of pyridine rings is 2. The summed E-state index contributed by atoms with van der Waals surface area (Å²) in [4.78, 5) is 27.6. The van der Waals surface area contributed by atoms with E-state index in [4.69, 9.17) is 10.8 Å². The summed E-state index contributed by atoms with van der Waals surface area (Å²) in [7, 11) is -2.35. The molecule has 0 aliphatic heterocycles. The molecule has 11 heteroatoms. The maximum absolute atomic E-state index is 13.7. The Bertz CT molecular complexity index is 1350. The molecule has 3 rings (SSSR count). The predicted molar refractivity (Wildman–Crippen MR) is 107 cm³/mol. The highest BCUT2D eigenvalue weighted by Crippen LogP contribution is 2.27. The number of aromatic hydroxyl groups is 1. The van der Waals surface area contributed by atoms with E-state index in [9.17, 15) is 27.5 Å². The molecule has 158 valence electrons. The van der Waals surface area contributed by atoms with Gasteiger partial charge in [0, 0.05) is 19.5 Å². The third kappa shape index (κ3) is 3.76. The zero-order valence-corrected chi connectivity index (χ0v) is 16.8. The molecule has 0 radical (unpaired) electrons. The molecule has 2 aromatic heterocycles. The average molecular weight is 435 g/mol. The van der Waals surface area contributed by atoms with Crippen molar-refractivity contribution in [2.24, 2.45) is 12.8 Å². The summed E-state index contributed by atoms with van der Waals surface area (Å²) in [6, 6.07) is 5.14. The number of carbonyl (C=O) groups is 1. The minimum atomic E-state index is -3.69. The highest BCUT2D eigenvalue weighted by molar-refractivity contribution is 7.90. The molecular weight excluding hydrogens is 417 g/mol. The van der Waals surface area contributed by atoms with E-state index in [0.29, 0.717) is 11.1 Å². The first-order valence-corrected chi connectivity index (χ1v) is 10.5. The van der Waals surface area contributed by atoms with Gasteiger partial charge in [-0.2, -0.15) is 0 Å². The first kappa shape index (κ1) is 21.4. The third-order valence-corrected chi connectivity index (χ3v) is 5.93. The molecule has 1 unspecified atom stereocenters. The summed E-state index contributed by atoms with van der Waals surface area (Å²) < 4.78 is 38.5. The van der Waals surface area contributed by atoms with Crippen LogP contribution >= 0.6 is 0 Å². The first-order chi connectivity index (χ1) is 13.9. The SMILES string of the molecule is Cn1c(=O)c(C(=O)O)c(O)c2ncc(Cc3ccc(F)cc3C(N)S(C)(=O)=O)cc21. The maximum Gasteiger partial charge on any atom is 0.345 e. The van der Waals surface area contributed by atoms with Crippen LogP contribution in [0.3, 0.4) is 0 Å². The number of rotatable bonds is 5. The number of aryl methyl sites for hydroxylation is 1. The summed E-state index contributed by atoms with van der Waals surface area (Å²) >= 11 is 0. The van der Waals surface area contributed by atoms with Crippen LogP contribution < -0.4 is 11.3 Å². The van der Waals surface area contributed by atoms with Gasteiger partial charge in [0.2, 0.25) is 0 Å². The summed E-state index contributed by atoms with van der Waals surface area (Å²) in [5.74, 6) is -2.96. The highest BCUT2D eigenvalue weighted by atomic mass is 32.2. The van der Waals surface area contributed by atoms with Crippen LogP contribution in [0.25, 0.3) is 11.0 Å². The molecule has 0 bridgehead atoms. The number of nitrogens with two attached hydrogens (primary N) is 1. The number of nitrogens with zero attached hydrogens (tertiary/aromatic N) is 2. The fourth-order valence-corrected chi connectivity index (χ4v) is 3.84. The number of benzene rings is 1. The van der Waals surface area contributed by atoms with Crippen molar-refractivity contribution >= 4 is 26.8 Å². The zero-order valence-electron chi connectivity index (χ0n) is 16.0. The average Bonchev–Trinajstić information content (AvgIpc) is 2.66. The second kappa shape index (κ2) is 7.50. The Hall–Kier alpha value is -3.31. The van der Waals surface area contributed by atoms with E-state index in [2.05, 4.69) is 4.98 Å². The third-order valence-electron chi connectivity index (χ3n) is 4.75. The molecule has 0 spiro atoms. The second-order valence-electron chi connectivity index (χ2n) is 6.87. The van der Waals surface area contributed by atoms with E-state index >= 15 is 0 Å². The number of sulfone groups is 1. The molecule has 30 heavy (non-hydrogen) atoms. The van der Waals surface area contributed by atoms with Gasteiger partial charge in [0.05, 0.1) is 5.52 Å². The van der Waals surface area contributed by atoms with Crippen molar-refractivity contribution in [2.75, 3.05) is 6.26 Å². The van der Waals surface area contributed by atoms with E-state index in [1.54, 1.807) is 0 Å². The molecule has 0 saturated carbocycles. The predicted octanol–water partition coefficient (Wildman–Crippen LogP) is 1.07. The minimum absolute atomic E-state index is 0.0783. The molecule has 1 atom stereocenters. The van der Waals surface area contributed by atoms with Gasteiger partial charge in [-0.25, -0.2) is 17.6 Å². The van der Waals surface area contributed by atoms with E-state index in [1.165, 1.54) is 31.4 Å². The van der Waals surface area contributed by atoms with Crippen molar-refractivity contribution in [1.82, 2.24) is 9.55 Å². The molecule has 4 N–H and O–H groups in total. The lowest BCUT2D eigenvalue weighted by atomic mass is 10.00. The van der Waals surface area contributed by atoms with Crippen LogP contribution in [0.1, 0.15) is 32.4 Å². The fourth-order valence-electron chi connectivity index (χ4n) is 3.16. The summed E-state index contributed by atoms with van der Waals surface area (Å²) in [6.45, 7) is 0. The Labute approximate surface area is 170 Å². The van der Waals surface area contributed by atoms with Crippen molar-refractivity contribution in [2.45, 2.75) is 11.8 Å². The minimum Gasteiger partial charge on any atom is -0.505 e. The Morgan fingerprint density at radius 1 is 1.33 bits per heavy atom. The van der Waals surface area contributed by atoms with Crippen LogP contribution in [-0.4, -0.2) is 40.4 Å². The van der Waals surface area contributed by atoms with Crippen molar-refractivity contribution in [3.05, 3.63) is 68.9 Å². The number of hydrogen-bond acceptors (Lipinski definition) is 7. The number of aromatic carboxylic acids is 1. The Morgan fingerprint density at radius 2 is 2.00 bits per heavy atom. The first-order valence-electron chi connectivity index (χ1n) is 8.58. The number of carboxylic acids is 1. The van der Waals surface area contributed by atoms with Crippen molar-refractivity contribution in [1.29, 1.82) is 0 Å². The number of fused-ring (bicyclic) bond motifs is 1. The number of halogens is 1.